The molecule has 0 radical (unpaired) electrons. The maximum Gasteiger partial charge on any atom is 0.126 e. The quantitative estimate of drug-likeness (QED) is 0.766. The summed E-state index contributed by atoms with van der Waals surface area (Å²) >= 11 is 6.20. The standard InChI is InChI=1S/C16H11ClF2N2O/c1-8(22)13-7-14(17)12-2-3-20-21-16(12)15(13)9-4-10(18)6-11(19)5-9/h2-8,22H,1H3. The fourth-order valence-corrected chi connectivity index (χ4v) is 2.73. The van der Waals surface area contributed by atoms with Gasteiger partial charge in [-0.05, 0) is 42.3 Å². The van der Waals surface area contributed by atoms with Crippen LogP contribution in [0.25, 0.3) is 22.0 Å². The fourth-order valence-electron chi connectivity index (χ4n) is 2.46. The van der Waals surface area contributed by atoms with Gasteiger partial charge in [-0.3, -0.25) is 0 Å². The minimum absolute atomic E-state index is 0.274. The van der Waals surface area contributed by atoms with Crippen LogP contribution in [0.1, 0.15) is 18.6 Å². The molecule has 0 aliphatic carbocycles. The van der Waals surface area contributed by atoms with Crippen molar-refractivity contribution >= 4 is 22.5 Å². The van der Waals surface area contributed by atoms with E-state index in [9.17, 15) is 13.9 Å². The molecule has 0 aliphatic rings. The zero-order valence-electron chi connectivity index (χ0n) is 11.5. The maximum atomic E-state index is 13.6. The van der Waals surface area contributed by atoms with Crippen LogP contribution in [0.2, 0.25) is 5.02 Å². The Labute approximate surface area is 130 Å². The molecule has 22 heavy (non-hydrogen) atoms. The van der Waals surface area contributed by atoms with Gasteiger partial charge in [0.05, 0.1) is 17.3 Å². The average molecular weight is 321 g/mol. The van der Waals surface area contributed by atoms with Gasteiger partial charge in [0.2, 0.25) is 0 Å². The second-order valence-corrected chi connectivity index (χ2v) is 5.36. The van der Waals surface area contributed by atoms with Crippen LogP contribution in [0.4, 0.5) is 8.78 Å². The smallest absolute Gasteiger partial charge is 0.126 e. The van der Waals surface area contributed by atoms with Gasteiger partial charge in [0.25, 0.3) is 0 Å². The summed E-state index contributed by atoms with van der Waals surface area (Å²) in [4.78, 5) is 0. The van der Waals surface area contributed by atoms with Crippen molar-refractivity contribution in [3.63, 3.8) is 0 Å². The second kappa shape index (κ2) is 5.59. The molecule has 112 valence electrons. The predicted octanol–water partition coefficient (Wildman–Crippen LogP) is 4.28. The molecule has 0 saturated heterocycles. The Kier molecular flexibility index (Phi) is 3.76. The Morgan fingerprint density at radius 2 is 1.82 bits per heavy atom. The molecule has 3 rings (SSSR count). The van der Waals surface area contributed by atoms with Crippen molar-refractivity contribution in [2.45, 2.75) is 13.0 Å². The van der Waals surface area contributed by atoms with Crippen LogP contribution in [-0.4, -0.2) is 15.3 Å². The van der Waals surface area contributed by atoms with Crippen LogP contribution >= 0.6 is 11.6 Å². The first-order valence-corrected chi connectivity index (χ1v) is 6.93. The molecule has 0 bridgehead atoms. The van der Waals surface area contributed by atoms with Crippen LogP contribution in [-0.2, 0) is 0 Å². The highest BCUT2D eigenvalue weighted by Gasteiger charge is 2.18. The number of halogens is 3. The lowest BCUT2D eigenvalue weighted by Crippen LogP contribution is -2.00. The molecule has 0 amide bonds. The monoisotopic (exact) mass is 320 g/mol. The fraction of sp³-hybridized carbons (Fsp3) is 0.125. The summed E-state index contributed by atoms with van der Waals surface area (Å²) in [6.07, 6.45) is 0.594. The SMILES string of the molecule is CC(O)c1cc(Cl)c2ccnnc2c1-c1cc(F)cc(F)c1. The van der Waals surface area contributed by atoms with E-state index in [2.05, 4.69) is 10.2 Å². The summed E-state index contributed by atoms with van der Waals surface area (Å²) in [5.41, 5.74) is 1.51. The molecular weight excluding hydrogens is 310 g/mol. The van der Waals surface area contributed by atoms with Crippen LogP contribution in [0.15, 0.2) is 36.5 Å². The van der Waals surface area contributed by atoms with Gasteiger partial charge in [-0.2, -0.15) is 5.10 Å². The topological polar surface area (TPSA) is 46.0 Å². The summed E-state index contributed by atoms with van der Waals surface area (Å²) in [6, 6.07) is 6.40. The van der Waals surface area contributed by atoms with E-state index >= 15 is 0 Å². The Bertz CT molecular complexity index is 848. The van der Waals surface area contributed by atoms with Crippen molar-refractivity contribution in [1.82, 2.24) is 10.2 Å². The molecule has 1 unspecified atom stereocenters. The van der Waals surface area contributed by atoms with Crippen LogP contribution in [0.5, 0.6) is 0 Å². The second-order valence-electron chi connectivity index (χ2n) is 4.95. The van der Waals surface area contributed by atoms with E-state index in [0.717, 1.165) is 6.07 Å². The third-order valence-electron chi connectivity index (χ3n) is 3.39. The number of fused-ring (bicyclic) bond motifs is 1. The van der Waals surface area contributed by atoms with Gasteiger partial charge < -0.3 is 5.11 Å². The van der Waals surface area contributed by atoms with E-state index < -0.39 is 17.7 Å². The minimum Gasteiger partial charge on any atom is -0.389 e. The Balaban J connectivity index is 2.44. The van der Waals surface area contributed by atoms with Crippen LogP contribution < -0.4 is 0 Å². The molecule has 3 aromatic rings. The zero-order valence-corrected chi connectivity index (χ0v) is 12.3. The summed E-state index contributed by atoms with van der Waals surface area (Å²) in [5.74, 6) is -1.42. The van der Waals surface area contributed by atoms with Crippen LogP contribution in [0, 0.1) is 11.6 Å². The Morgan fingerprint density at radius 3 is 2.45 bits per heavy atom. The number of aliphatic hydroxyl groups is 1. The first kappa shape index (κ1) is 14.8. The number of aromatic nitrogens is 2. The molecule has 2 aromatic carbocycles. The third-order valence-corrected chi connectivity index (χ3v) is 3.70. The molecular formula is C16H11ClF2N2O. The lowest BCUT2D eigenvalue weighted by Gasteiger charge is -2.16. The van der Waals surface area contributed by atoms with Gasteiger partial charge in [0.1, 0.15) is 17.2 Å². The largest absolute Gasteiger partial charge is 0.389 e. The van der Waals surface area contributed by atoms with Gasteiger partial charge in [-0.15, -0.1) is 5.10 Å². The highest BCUT2D eigenvalue weighted by molar-refractivity contribution is 6.36. The highest BCUT2D eigenvalue weighted by atomic mass is 35.5. The lowest BCUT2D eigenvalue weighted by molar-refractivity contribution is 0.200. The Morgan fingerprint density at radius 1 is 1.14 bits per heavy atom. The molecule has 1 N–H and O–H groups in total. The van der Waals surface area contributed by atoms with Gasteiger partial charge in [-0.25, -0.2) is 8.78 Å². The van der Waals surface area contributed by atoms with E-state index in [1.807, 2.05) is 0 Å². The number of benzene rings is 2. The summed E-state index contributed by atoms with van der Waals surface area (Å²) < 4.78 is 27.1. The number of aliphatic hydroxyl groups excluding tert-OH is 1. The molecule has 3 nitrogen and oxygen atoms in total. The summed E-state index contributed by atoms with van der Waals surface area (Å²) in [6.45, 7) is 1.55. The zero-order chi connectivity index (χ0) is 15.9. The molecule has 6 heteroatoms. The van der Waals surface area contributed by atoms with Crippen molar-refractivity contribution in [2.75, 3.05) is 0 Å². The van der Waals surface area contributed by atoms with Gasteiger partial charge in [-0.1, -0.05) is 11.6 Å². The van der Waals surface area contributed by atoms with Crippen molar-refractivity contribution < 1.29 is 13.9 Å². The first-order valence-electron chi connectivity index (χ1n) is 6.55. The molecule has 1 aromatic heterocycles. The summed E-state index contributed by atoms with van der Waals surface area (Å²) in [7, 11) is 0. The summed E-state index contributed by atoms with van der Waals surface area (Å²) in [5, 5.41) is 18.8. The first-order chi connectivity index (χ1) is 10.5. The molecule has 0 fully saturated rings. The van der Waals surface area contributed by atoms with E-state index in [4.69, 9.17) is 11.6 Å². The number of rotatable bonds is 2. The molecule has 1 atom stereocenters. The van der Waals surface area contributed by atoms with Gasteiger partial charge in [0.15, 0.2) is 0 Å². The maximum absolute atomic E-state index is 13.6. The molecule has 1 heterocycles. The van der Waals surface area contributed by atoms with E-state index in [1.54, 1.807) is 19.1 Å². The molecule has 0 aliphatic heterocycles. The van der Waals surface area contributed by atoms with E-state index in [-0.39, 0.29) is 5.56 Å². The van der Waals surface area contributed by atoms with Crippen molar-refractivity contribution in [2.24, 2.45) is 0 Å². The molecule has 0 spiro atoms. The number of hydrogen-bond donors (Lipinski definition) is 1. The van der Waals surface area contributed by atoms with Gasteiger partial charge in [0, 0.05) is 17.0 Å². The normalized spacial score (nSPS) is 12.6. The lowest BCUT2D eigenvalue weighted by atomic mass is 9.94. The van der Waals surface area contributed by atoms with Crippen molar-refractivity contribution in [1.29, 1.82) is 0 Å². The average Bonchev–Trinajstić information content (AvgIpc) is 2.46. The van der Waals surface area contributed by atoms with Crippen LogP contribution in [0.3, 0.4) is 0 Å². The van der Waals surface area contributed by atoms with E-state index in [0.29, 0.717) is 27.1 Å². The van der Waals surface area contributed by atoms with Gasteiger partial charge >= 0.3 is 0 Å². The predicted molar refractivity (Wildman–Crippen MR) is 80.5 cm³/mol. The van der Waals surface area contributed by atoms with E-state index in [1.165, 1.54) is 18.3 Å². The minimum atomic E-state index is -0.884. The number of hydrogen-bond acceptors (Lipinski definition) is 3. The van der Waals surface area contributed by atoms with Crippen molar-refractivity contribution in [3.8, 4) is 11.1 Å². The van der Waals surface area contributed by atoms with Crippen molar-refractivity contribution in [3.05, 3.63) is 58.7 Å². The highest BCUT2D eigenvalue weighted by Crippen LogP contribution is 2.38. The number of nitrogens with zero attached hydrogens (tertiary/aromatic N) is 2. The molecule has 0 saturated carbocycles. The third kappa shape index (κ3) is 2.53. The Hall–Kier alpha value is -2.11.